The number of aromatic nitrogens is 2. The van der Waals surface area contributed by atoms with Crippen molar-refractivity contribution in [1.82, 2.24) is 15.1 Å². The second kappa shape index (κ2) is 8.33. The molecule has 2 amide bonds. The van der Waals surface area contributed by atoms with Crippen molar-refractivity contribution in [1.29, 1.82) is 0 Å². The number of carbonyl (C=O) groups excluding carboxylic acids is 2. The van der Waals surface area contributed by atoms with E-state index >= 15 is 0 Å². The van der Waals surface area contributed by atoms with Crippen LogP contribution >= 0.6 is 0 Å². The Labute approximate surface area is 196 Å². The van der Waals surface area contributed by atoms with E-state index in [1.807, 2.05) is 16.9 Å². The molecule has 2 fully saturated rings. The SMILES string of the molecule is CC(=O)N1c2ccc(-c3cnn(C4CNC4)c3)cc2N(C(=O)[O-])C(C2CCC(F)(F)CC2)[C@@H]1C. The van der Waals surface area contributed by atoms with Crippen molar-refractivity contribution < 1.29 is 23.5 Å². The molecule has 34 heavy (non-hydrogen) atoms. The Balaban J connectivity index is 1.56. The fraction of sp³-hybridized carbons (Fsp3) is 0.542. The quantitative estimate of drug-likeness (QED) is 0.742. The van der Waals surface area contributed by atoms with Gasteiger partial charge in [-0.05, 0) is 43.4 Å². The molecule has 3 aliphatic rings. The van der Waals surface area contributed by atoms with Gasteiger partial charge < -0.3 is 25.0 Å². The molecular weight excluding hydrogens is 444 g/mol. The Kier molecular flexibility index (Phi) is 5.58. The topological polar surface area (TPSA) is 93.5 Å². The molecule has 1 unspecified atom stereocenters. The number of fused-ring (bicyclic) bond motifs is 1. The molecular formula is C24H28F2N5O3-. The molecule has 1 aromatic carbocycles. The van der Waals surface area contributed by atoms with Crippen LogP contribution in [-0.2, 0) is 4.79 Å². The molecule has 8 nitrogen and oxygen atoms in total. The molecule has 2 atom stereocenters. The first kappa shape index (κ1) is 22.8. The number of nitrogens with one attached hydrogen (secondary N) is 1. The van der Waals surface area contributed by atoms with Crippen molar-refractivity contribution in [3.05, 3.63) is 30.6 Å². The number of nitrogens with zero attached hydrogens (tertiary/aromatic N) is 4. The Bertz CT molecular complexity index is 1110. The van der Waals surface area contributed by atoms with Crippen LogP contribution in [0.3, 0.4) is 0 Å². The van der Waals surface area contributed by atoms with E-state index in [1.54, 1.807) is 30.2 Å². The minimum atomic E-state index is -2.73. The molecule has 0 spiro atoms. The first-order chi connectivity index (χ1) is 16.2. The van der Waals surface area contributed by atoms with E-state index < -0.39 is 24.1 Å². The van der Waals surface area contributed by atoms with Gasteiger partial charge in [-0.2, -0.15) is 5.10 Å². The third kappa shape index (κ3) is 3.83. The summed E-state index contributed by atoms with van der Waals surface area (Å²) in [4.78, 5) is 27.9. The lowest BCUT2D eigenvalue weighted by atomic mass is 9.77. The number of anilines is 2. The van der Waals surface area contributed by atoms with Gasteiger partial charge in [-0.3, -0.25) is 9.48 Å². The number of hydrogen-bond acceptors (Lipinski definition) is 5. The van der Waals surface area contributed by atoms with Crippen LogP contribution < -0.4 is 20.2 Å². The van der Waals surface area contributed by atoms with Gasteiger partial charge in [0.25, 0.3) is 0 Å². The number of benzene rings is 1. The zero-order chi connectivity index (χ0) is 24.2. The number of hydrogen-bond donors (Lipinski definition) is 1. The first-order valence-corrected chi connectivity index (χ1v) is 11.7. The third-order valence-corrected chi connectivity index (χ3v) is 7.54. The normalized spacial score (nSPS) is 25.1. The number of halogens is 2. The van der Waals surface area contributed by atoms with Crippen molar-refractivity contribution in [2.24, 2.45) is 5.92 Å². The summed E-state index contributed by atoms with van der Waals surface area (Å²) < 4.78 is 29.6. The molecule has 1 saturated carbocycles. The standard InChI is InChI=1S/C24H29F2N5O3/c1-14-22(16-5-7-24(25,26)8-6-16)31(23(33)34)21-9-17(3-4-20(21)30(14)15(2)32)18-10-28-29(13-18)19-11-27-12-19/h3-4,9-10,13-14,16,19,22,27H,5-8,11-12H2,1-2H3,(H,33,34)/p-1/t14-,22?/m0/s1. The summed E-state index contributed by atoms with van der Waals surface area (Å²) >= 11 is 0. The number of carbonyl (C=O) groups is 2. The van der Waals surface area contributed by atoms with Crippen LogP contribution in [0.5, 0.6) is 0 Å². The monoisotopic (exact) mass is 472 g/mol. The van der Waals surface area contributed by atoms with Gasteiger partial charge in [-0.15, -0.1) is 0 Å². The molecule has 1 aliphatic carbocycles. The zero-order valence-corrected chi connectivity index (χ0v) is 19.2. The Morgan fingerprint density at radius 2 is 1.82 bits per heavy atom. The Morgan fingerprint density at radius 3 is 2.41 bits per heavy atom. The number of amides is 2. The predicted molar refractivity (Wildman–Crippen MR) is 121 cm³/mol. The largest absolute Gasteiger partial charge is 0.530 e. The molecule has 3 heterocycles. The van der Waals surface area contributed by atoms with Gasteiger partial charge in [-0.1, -0.05) is 6.07 Å². The highest BCUT2D eigenvalue weighted by atomic mass is 19.3. The van der Waals surface area contributed by atoms with Gasteiger partial charge in [0.15, 0.2) is 0 Å². The second-order valence-corrected chi connectivity index (χ2v) is 9.67. The molecule has 1 N–H and O–H groups in total. The number of alkyl halides is 2. The van der Waals surface area contributed by atoms with Crippen molar-refractivity contribution in [3.8, 4) is 11.1 Å². The van der Waals surface area contributed by atoms with Gasteiger partial charge in [0, 0.05) is 44.6 Å². The minimum Gasteiger partial charge on any atom is -0.530 e. The van der Waals surface area contributed by atoms with Crippen LogP contribution in [-0.4, -0.2) is 52.9 Å². The highest BCUT2D eigenvalue weighted by Gasteiger charge is 2.46. The average molecular weight is 473 g/mol. The van der Waals surface area contributed by atoms with E-state index in [-0.39, 0.29) is 43.6 Å². The lowest BCUT2D eigenvalue weighted by molar-refractivity contribution is -0.247. The molecule has 10 heteroatoms. The maximum absolute atomic E-state index is 13.9. The van der Waals surface area contributed by atoms with Crippen LogP contribution in [0.25, 0.3) is 11.1 Å². The summed E-state index contributed by atoms with van der Waals surface area (Å²) in [5, 5.41) is 20.1. The van der Waals surface area contributed by atoms with E-state index in [0.717, 1.165) is 24.2 Å². The maximum Gasteiger partial charge on any atom is 0.248 e. The summed E-state index contributed by atoms with van der Waals surface area (Å²) in [5.74, 6) is -3.27. The van der Waals surface area contributed by atoms with Crippen molar-refractivity contribution >= 4 is 23.4 Å². The van der Waals surface area contributed by atoms with E-state index in [4.69, 9.17) is 0 Å². The lowest BCUT2D eigenvalue weighted by Crippen LogP contribution is -2.63. The fourth-order valence-electron chi connectivity index (χ4n) is 5.68. The molecule has 0 bridgehead atoms. The van der Waals surface area contributed by atoms with Crippen LogP contribution in [0, 0.1) is 5.92 Å². The second-order valence-electron chi connectivity index (χ2n) is 9.67. The third-order valence-electron chi connectivity index (χ3n) is 7.54. The summed E-state index contributed by atoms with van der Waals surface area (Å²) in [7, 11) is 0. The van der Waals surface area contributed by atoms with Gasteiger partial charge in [0.2, 0.25) is 11.8 Å². The van der Waals surface area contributed by atoms with Crippen LogP contribution in [0.2, 0.25) is 0 Å². The molecule has 2 aliphatic heterocycles. The average Bonchev–Trinajstić information content (AvgIpc) is 3.20. The van der Waals surface area contributed by atoms with Crippen LogP contribution in [0.15, 0.2) is 30.6 Å². The van der Waals surface area contributed by atoms with Crippen molar-refractivity contribution in [2.75, 3.05) is 22.9 Å². The predicted octanol–water partition coefficient (Wildman–Crippen LogP) is 2.79. The highest BCUT2D eigenvalue weighted by Crippen LogP contribution is 2.46. The van der Waals surface area contributed by atoms with E-state index in [2.05, 4.69) is 10.4 Å². The maximum atomic E-state index is 13.9. The fourth-order valence-corrected chi connectivity index (χ4v) is 5.68. The highest BCUT2D eigenvalue weighted by molar-refractivity contribution is 6.03. The molecule has 1 aromatic heterocycles. The first-order valence-electron chi connectivity index (χ1n) is 11.7. The summed E-state index contributed by atoms with van der Waals surface area (Å²) in [6.45, 7) is 4.91. The molecule has 2 aromatic rings. The van der Waals surface area contributed by atoms with Gasteiger partial charge in [0.05, 0.1) is 35.7 Å². The Hall–Kier alpha value is -3.01. The number of rotatable bonds is 3. The summed E-state index contributed by atoms with van der Waals surface area (Å²) in [6, 6.07) is 4.42. The zero-order valence-electron chi connectivity index (χ0n) is 19.2. The summed E-state index contributed by atoms with van der Waals surface area (Å²) in [5.41, 5.74) is 2.40. The van der Waals surface area contributed by atoms with Gasteiger partial charge in [0.1, 0.15) is 6.09 Å². The molecule has 5 rings (SSSR count). The summed E-state index contributed by atoms with van der Waals surface area (Å²) in [6.07, 6.45) is 2.06. The van der Waals surface area contributed by atoms with Crippen LogP contribution in [0.1, 0.15) is 45.6 Å². The number of carboxylic acid groups (broad SMARTS) is 1. The van der Waals surface area contributed by atoms with E-state index in [0.29, 0.717) is 11.4 Å². The smallest absolute Gasteiger partial charge is 0.248 e. The van der Waals surface area contributed by atoms with E-state index in [9.17, 15) is 23.5 Å². The van der Waals surface area contributed by atoms with Crippen molar-refractivity contribution in [2.45, 2.75) is 63.6 Å². The Morgan fingerprint density at radius 1 is 1.12 bits per heavy atom. The van der Waals surface area contributed by atoms with Gasteiger partial charge >= 0.3 is 0 Å². The van der Waals surface area contributed by atoms with Gasteiger partial charge in [-0.25, -0.2) is 8.78 Å². The van der Waals surface area contributed by atoms with E-state index in [1.165, 1.54) is 11.8 Å². The van der Waals surface area contributed by atoms with Crippen molar-refractivity contribution in [3.63, 3.8) is 0 Å². The molecule has 1 saturated heterocycles. The lowest BCUT2D eigenvalue weighted by Gasteiger charge is -2.51. The van der Waals surface area contributed by atoms with Crippen LogP contribution in [0.4, 0.5) is 25.0 Å². The molecule has 0 radical (unpaired) electrons. The molecule has 182 valence electrons. The minimum absolute atomic E-state index is 0.189.